The lowest BCUT2D eigenvalue weighted by Gasteiger charge is -2.30. The lowest BCUT2D eigenvalue weighted by atomic mass is 10.2. The van der Waals surface area contributed by atoms with E-state index in [0.29, 0.717) is 18.0 Å². The van der Waals surface area contributed by atoms with Crippen LogP contribution in [0.25, 0.3) is 0 Å². The smallest absolute Gasteiger partial charge is 0.225 e. The minimum absolute atomic E-state index is 0.0102. The molecule has 1 saturated heterocycles. The largest absolute Gasteiger partial charge is 0.393 e. The highest BCUT2D eigenvalue weighted by Crippen LogP contribution is 2.04. The third-order valence-corrected chi connectivity index (χ3v) is 3.43. The zero-order valence-corrected chi connectivity index (χ0v) is 12.7. The first kappa shape index (κ1) is 16.3. The van der Waals surface area contributed by atoms with Gasteiger partial charge in [0.1, 0.15) is 0 Å². The molecule has 0 saturated carbocycles. The number of rotatable bonds is 7. The van der Waals surface area contributed by atoms with Crippen LogP contribution in [0.4, 0.5) is 0 Å². The molecule has 19 heavy (non-hydrogen) atoms. The van der Waals surface area contributed by atoms with Crippen molar-refractivity contribution in [2.45, 2.75) is 20.3 Å². The number of hydrogen-bond acceptors (Lipinski definition) is 4. The van der Waals surface area contributed by atoms with E-state index in [1.165, 1.54) is 0 Å². The zero-order valence-electron chi connectivity index (χ0n) is 11.9. The summed E-state index contributed by atoms with van der Waals surface area (Å²) >= 11 is 4.89. The Labute approximate surface area is 121 Å². The third kappa shape index (κ3) is 6.31. The maximum absolute atomic E-state index is 12.1. The van der Waals surface area contributed by atoms with Gasteiger partial charge in [0, 0.05) is 45.1 Å². The van der Waals surface area contributed by atoms with E-state index in [2.05, 4.69) is 4.90 Å². The topological polar surface area (TPSA) is 58.8 Å². The van der Waals surface area contributed by atoms with Gasteiger partial charge in [0.05, 0.1) is 18.2 Å². The van der Waals surface area contributed by atoms with Crippen molar-refractivity contribution in [1.82, 2.24) is 9.80 Å². The van der Waals surface area contributed by atoms with Crippen molar-refractivity contribution in [3.05, 3.63) is 0 Å². The van der Waals surface area contributed by atoms with Crippen LogP contribution in [0, 0.1) is 5.92 Å². The van der Waals surface area contributed by atoms with Crippen molar-refractivity contribution >= 4 is 23.1 Å². The summed E-state index contributed by atoms with van der Waals surface area (Å²) in [6.07, 6.45) is 0.594. The average Bonchev–Trinajstić information content (AvgIpc) is 2.39. The molecule has 0 aromatic rings. The Balaban J connectivity index is 2.42. The molecule has 110 valence electrons. The predicted molar refractivity (Wildman–Crippen MR) is 80.1 cm³/mol. The van der Waals surface area contributed by atoms with Crippen molar-refractivity contribution < 1.29 is 9.53 Å². The number of carbonyl (C=O) groups excluding carboxylic acids is 1. The molecule has 1 heterocycles. The second-order valence-corrected chi connectivity index (χ2v) is 5.67. The van der Waals surface area contributed by atoms with Gasteiger partial charge in [-0.05, 0) is 0 Å². The van der Waals surface area contributed by atoms with Gasteiger partial charge in [0.25, 0.3) is 0 Å². The molecule has 1 aliphatic rings. The summed E-state index contributed by atoms with van der Waals surface area (Å²) in [6.45, 7) is 9.54. The SMILES string of the molecule is CC(C)C(=O)N(CCC(N)=S)CCN1CCOCC1. The summed E-state index contributed by atoms with van der Waals surface area (Å²) in [5.41, 5.74) is 5.52. The summed E-state index contributed by atoms with van der Waals surface area (Å²) in [4.78, 5) is 16.8. The molecule has 6 heteroatoms. The van der Waals surface area contributed by atoms with Crippen LogP contribution in [0.2, 0.25) is 0 Å². The third-order valence-electron chi connectivity index (χ3n) is 3.22. The summed E-state index contributed by atoms with van der Waals surface area (Å²) in [5, 5.41) is 0. The lowest BCUT2D eigenvalue weighted by molar-refractivity contribution is -0.134. The molecule has 0 aliphatic carbocycles. The fourth-order valence-electron chi connectivity index (χ4n) is 2.03. The number of amides is 1. The molecule has 5 nitrogen and oxygen atoms in total. The van der Waals surface area contributed by atoms with Crippen molar-refractivity contribution in [1.29, 1.82) is 0 Å². The van der Waals surface area contributed by atoms with E-state index in [1.54, 1.807) is 0 Å². The van der Waals surface area contributed by atoms with E-state index in [9.17, 15) is 4.79 Å². The van der Waals surface area contributed by atoms with Crippen LogP contribution in [-0.4, -0.2) is 66.6 Å². The van der Waals surface area contributed by atoms with E-state index in [0.717, 1.165) is 39.4 Å². The Kier molecular flexibility index (Phi) is 7.27. The summed E-state index contributed by atoms with van der Waals surface area (Å²) < 4.78 is 5.32. The van der Waals surface area contributed by atoms with Crippen LogP contribution in [0.3, 0.4) is 0 Å². The van der Waals surface area contributed by atoms with Crippen LogP contribution in [0.1, 0.15) is 20.3 Å². The molecule has 2 N–H and O–H groups in total. The fourth-order valence-corrected chi connectivity index (χ4v) is 2.12. The van der Waals surface area contributed by atoms with Gasteiger partial charge >= 0.3 is 0 Å². The maximum atomic E-state index is 12.1. The first-order chi connectivity index (χ1) is 9.00. The number of thiocarbonyl (C=S) groups is 1. The van der Waals surface area contributed by atoms with E-state index >= 15 is 0 Å². The molecule has 0 bridgehead atoms. The number of nitrogens with zero attached hydrogens (tertiary/aromatic N) is 2. The van der Waals surface area contributed by atoms with Gasteiger partial charge in [0.15, 0.2) is 0 Å². The number of carbonyl (C=O) groups is 1. The number of morpholine rings is 1. The van der Waals surface area contributed by atoms with Gasteiger partial charge in [-0.25, -0.2) is 0 Å². The van der Waals surface area contributed by atoms with Gasteiger partial charge in [-0.15, -0.1) is 0 Å². The first-order valence-electron chi connectivity index (χ1n) is 6.88. The minimum Gasteiger partial charge on any atom is -0.393 e. The second-order valence-electron chi connectivity index (χ2n) is 5.15. The predicted octanol–water partition coefficient (Wildman–Crippen LogP) is 0.479. The lowest BCUT2D eigenvalue weighted by Crippen LogP contribution is -2.44. The van der Waals surface area contributed by atoms with Crippen molar-refractivity contribution in [3.8, 4) is 0 Å². The quantitative estimate of drug-likeness (QED) is 0.690. The molecule has 1 fully saturated rings. The maximum Gasteiger partial charge on any atom is 0.225 e. The Bertz CT molecular complexity index is 304. The number of hydrogen-bond donors (Lipinski definition) is 1. The molecule has 0 radical (unpaired) electrons. The molecule has 0 aromatic heterocycles. The fraction of sp³-hybridized carbons (Fsp3) is 0.846. The molecule has 0 aromatic carbocycles. The van der Waals surface area contributed by atoms with Crippen LogP contribution >= 0.6 is 12.2 Å². The highest BCUT2D eigenvalue weighted by atomic mass is 32.1. The van der Waals surface area contributed by atoms with Crippen LogP contribution in [0.5, 0.6) is 0 Å². The van der Waals surface area contributed by atoms with Crippen molar-refractivity contribution in [2.24, 2.45) is 11.7 Å². The van der Waals surface area contributed by atoms with E-state index < -0.39 is 0 Å². The number of ether oxygens (including phenoxy) is 1. The highest BCUT2D eigenvalue weighted by Gasteiger charge is 2.18. The molecule has 0 atom stereocenters. The molecular weight excluding hydrogens is 262 g/mol. The van der Waals surface area contributed by atoms with Gasteiger partial charge in [0.2, 0.25) is 5.91 Å². The highest BCUT2D eigenvalue weighted by molar-refractivity contribution is 7.80. The monoisotopic (exact) mass is 287 g/mol. The second kappa shape index (κ2) is 8.45. The van der Waals surface area contributed by atoms with Gasteiger partial charge in [-0.2, -0.15) is 0 Å². The van der Waals surface area contributed by atoms with Crippen LogP contribution < -0.4 is 5.73 Å². The molecule has 0 spiro atoms. The van der Waals surface area contributed by atoms with E-state index in [1.807, 2.05) is 18.7 Å². The summed E-state index contributed by atoms with van der Waals surface area (Å²) in [6, 6.07) is 0. The molecular formula is C13H25N3O2S. The van der Waals surface area contributed by atoms with Crippen molar-refractivity contribution in [2.75, 3.05) is 45.9 Å². The summed E-state index contributed by atoms with van der Waals surface area (Å²) in [7, 11) is 0. The average molecular weight is 287 g/mol. The Morgan fingerprint density at radius 3 is 2.53 bits per heavy atom. The van der Waals surface area contributed by atoms with Gasteiger partial charge in [-0.3, -0.25) is 9.69 Å². The van der Waals surface area contributed by atoms with Crippen molar-refractivity contribution in [3.63, 3.8) is 0 Å². The normalized spacial score (nSPS) is 16.6. The van der Waals surface area contributed by atoms with E-state index in [-0.39, 0.29) is 11.8 Å². The Morgan fingerprint density at radius 1 is 1.37 bits per heavy atom. The van der Waals surface area contributed by atoms with Crippen LogP contribution in [0.15, 0.2) is 0 Å². The zero-order chi connectivity index (χ0) is 14.3. The van der Waals surface area contributed by atoms with Crippen LogP contribution in [-0.2, 0) is 9.53 Å². The van der Waals surface area contributed by atoms with Gasteiger partial charge < -0.3 is 15.4 Å². The number of nitrogens with two attached hydrogens (primary N) is 1. The Hall–Kier alpha value is -0.720. The minimum atomic E-state index is 0.0102. The summed E-state index contributed by atoms with van der Waals surface area (Å²) in [5.74, 6) is 0.181. The molecule has 1 amide bonds. The van der Waals surface area contributed by atoms with Gasteiger partial charge in [-0.1, -0.05) is 26.1 Å². The Morgan fingerprint density at radius 2 is 2.00 bits per heavy atom. The molecule has 0 unspecified atom stereocenters. The molecule has 1 aliphatic heterocycles. The first-order valence-corrected chi connectivity index (χ1v) is 7.28. The standard InChI is InChI=1S/C13H25N3O2S/c1-11(2)13(17)16(4-3-12(14)19)6-5-15-7-9-18-10-8-15/h11H,3-10H2,1-2H3,(H2,14,19). The van der Waals surface area contributed by atoms with E-state index in [4.69, 9.17) is 22.7 Å². The molecule has 1 rings (SSSR count).